The molecule has 4 aliphatic rings. The number of anilines is 1. The largest absolute Gasteiger partial charge is 0.484 e. The number of nitrogens with zero attached hydrogens (tertiary/aromatic N) is 4. The zero-order valence-electron chi connectivity index (χ0n) is 20.3. The number of fused-ring (bicyclic) bond motifs is 1. The fourth-order valence-electron chi connectivity index (χ4n) is 6.27. The molecule has 2 bridgehead atoms. The van der Waals surface area contributed by atoms with Gasteiger partial charge in [0.2, 0.25) is 0 Å². The van der Waals surface area contributed by atoms with Gasteiger partial charge in [-0.25, -0.2) is 14.4 Å². The molecular weight excluding hydrogens is 481 g/mol. The van der Waals surface area contributed by atoms with Crippen molar-refractivity contribution in [1.29, 1.82) is 0 Å². The quantitative estimate of drug-likeness (QED) is 0.522. The number of nitrogens with one attached hydrogen (secondary N) is 1. The van der Waals surface area contributed by atoms with Crippen molar-refractivity contribution in [3.8, 4) is 5.75 Å². The van der Waals surface area contributed by atoms with Crippen molar-refractivity contribution in [2.45, 2.75) is 31.2 Å². The van der Waals surface area contributed by atoms with Crippen LogP contribution in [0.2, 0.25) is 5.02 Å². The molecule has 9 heteroatoms. The molecular formula is C27H29ClFN5O2. The van der Waals surface area contributed by atoms with Crippen LogP contribution in [0.1, 0.15) is 24.8 Å². The number of amides is 1. The van der Waals surface area contributed by atoms with Gasteiger partial charge < -0.3 is 19.9 Å². The van der Waals surface area contributed by atoms with Gasteiger partial charge in [-0.1, -0.05) is 17.7 Å². The average Bonchev–Trinajstić information content (AvgIpc) is 2.83. The van der Waals surface area contributed by atoms with Crippen LogP contribution in [-0.4, -0.2) is 66.1 Å². The molecule has 2 heterocycles. The van der Waals surface area contributed by atoms with E-state index in [0.717, 1.165) is 68.6 Å². The number of hydrogen-bond donors (Lipinski definition) is 1. The molecule has 36 heavy (non-hydrogen) atoms. The number of hydrogen-bond acceptors (Lipinski definition) is 6. The van der Waals surface area contributed by atoms with Crippen LogP contribution in [0.15, 0.2) is 42.7 Å². The molecule has 1 amide bonds. The monoisotopic (exact) mass is 509 g/mol. The Labute approximate surface area is 214 Å². The second-order valence-electron chi connectivity index (χ2n) is 10.7. The van der Waals surface area contributed by atoms with E-state index in [2.05, 4.69) is 50.3 Å². The Morgan fingerprint density at radius 1 is 1.11 bits per heavy atom. The average molecular weight is 510 g/mol. The van der Waals surface area contributed by atoms with Crippen LogP contribution in [0.3, 0.4) is 0 Å². The normalized spacial score (nSPS) is 25.2. The highest BCUT2D eigenvalue weighted by Crippen LogP contribution is 2.68. The Morgan fingerprint density at radius 2 is 1.89 bits per heavy atom. The minimum atomic E-state index is -0.563. The smallest absolute Gasteiger partial charge is 0.258 e. The molecule has 3 saturated carbocycles. The summed E-state index contributed by atoms with van der Waals surface area (Å²) in [5.74, 6) is 0.569. The van der Waals surface area contributed by atoms with Crippen molar-refractivity contribution >= 4 is 34.2 Å². The molecule has 188 valence electrons. The third kappa shape index (κ3) is 4.37. The van der Waals surface area contributed by atoms with Gasteiger partial charge in [0.05, 0.1) is 10.5 Å². The Morgan fingerprint density at radius 3 is 2.64 bits per heavy atom. The van der Waals surface area contributed by atoms with E-state index in [-0.39, 0.29) is 34.2 Å². The Bertz CT molecular complexity index is 1310. The van der Waals surface area contributed by atoms with E-state index in [9.17, 15) is 9.18 Å². The lowest BCUT2D eigenvalue weighted by molar-refractivity contribution is -0.165. The lowest BCUT2D eigenvalue weighted by atomic mass is 9.38. The summed E-state index contributed by atoms with van der Waals surface area (Å²) in [7, 11) is 2.15. The van der Waals surface area contributed by atoms with Crippen LogP contribution in [0.4, 0.5) is 10.2 Å². The fraction of sp³-hybridized carbons (Fsp3) is 0.444. The van der Waals surface area contributed by atoms with Gasteiger partial charge in [0, 0.05) is 43.2 Å². The molecule has 1 saturated heterocycles. The Balaban J connectivity index is 1.06. The molecule has 7 rings (SSSR count). The molecule has 0 radical (unpaired) electrons. The zero-order chi connectivity index (χ0) is 24.9. The molecule has 1 aromatic heterocycles. The first-order valence-electron chi connectivity index (χ1n) is 12.4. The number of likely N-dealkylation sites (N-methyl/N-ethyl adjacent to an activating group) is 1. The number of halogens is 2. The summed E-state index contributed by atoms with van der Waals surface area (Å²) in [6.07, 6.45) is 5.55. The van der Waals surface area contributed by atoms with Crippen LogP contribution in [-0.2, 0) is 11.2 Å². The minimum Gasteiger partial charge on any atom is -0.484 e. The number of piperazine rings is 1. The summed E-state index contributed by atoms with van der Waals surface area (Å²) < 4.78 is 19.0. The van der Waals surface area contributed by atoms with E-state index in [1.807, 2.05) is 0 Å². The van der Waals surface area contributed by atoms with Crippen molar-refractivity contribution in [2.75, 3.05) is 44.7 Å². The standard InChI is InChI=1S/C27H29ClFN5O2/c1-33-6-8-34(9-7-33)25-20-10-18(2-5-23(20)30-17-31-25)12-26-14-27(15-26,16-26)32-24(35)13-36-19-3-4-21(28)22(29)11-19/h2-5,10-11,17H,6-9,12-16H2,1H3,(H,32,35). The van der Waals surface area contributed by atoms with Crippen molar-refractivity contribution < 1.29 is 13.9 Å². The minimum absolute atomic E-state index is 0.0282. The SMILES string of the molecule is CN1CCN(c2ncnc3ccc(CC45CC(NC(=O)COc6ccc(Cl)c(F)c6)(C4)C5)cc23)CC1. The predicted molar refractivity (Wildman–Crippen MR) is 137 cm³/mol. The Kier molecular flexibility index (Phi) is 5.76. The van der Waals surface area contributed by atoms with E-state index in [0.29, 0.717) is 0 Å². The summed E-state index contributed by atoms with van der Waals surface area (Å²) in [5.41, 5.74) is 2.38. The first-order valence-corrected chi connectivity index (χ1v) is 12.8. The molecule has 0 unspecified atom stereocenters. The van der Waals surface area contributed by atoms with Crippen LogP contribution in [0, 0.1) is 11.2 Å². The van der Waals surface area contributed by atoms with Gasteiger partial charge in [-0.05, 0) is 68.0 Å². The molecule has 2 aromatic carbocycles. The number of carbonyl (C=O) groups excluding carboxylic acids is 1. The molecule has 0 spiro atoms. The highest BCUT2D eigenvalue weighted by molar-refractivity contribution is 6.30. The molecule has 4 fully saturated rings. The van der Waals surface area contributed by atoms with Crippen molar-refractivity contribution in [1.82, 2.24) is 20.2 Å². The predicted octanol–water partition coefficient (Wildman–Crippen LogP) is 3.83. The first-order chi connectivity index (χ1) is 17.3. The number of rotatable bonds is 7. The summed E-state index contributed by atoms with van der Waals surface area (Å²) >= 11 is 5.69. The Hall–Kier alpha value is -2.97. The number of aromatic nitrogens is 2. The van der Waals surface area contributed by atoms with Crippen molar-refractivity contribution in [3.05, 3.63) is 59.1 Å². The third-order valence-corrected chi connectivity index (χ3v) is 8.17. The summed E-state index contributed by atoms with van der Waals surface area (Å²) in [5, 5.41) is 4.28. The van der Waals surface area contributed by atoms with Gasteiger partial charge in [-0.2, -0.15) is 0 Å². The van der Waals surface area contributed by atoms with Gasteiger partial charge in [0.1, 0.15) is 23.7 Å². The zero-order valence-corrected chi connectivity index (χ0v) is 21.0. The highest BCUT2D eigenvalue weighted by Gasteiger charge is 2.67. The second-order valence-corrected chi connectivity index (χ2v) is 11.1. The van der Waals surface area contributed by atoms with Gasteiger partial charge in [-0.15, -0.1) is 0 Å². The molecule has 1 aliphatic heterocycles. The van der Waals surface area contributed by atoms with Gasteiger partial charge in [0.15, 0.2) is 6.61 Å². The maximum Gasteiger partial charge on any atom is 0.258 e. The van der Waals surface area contributed by atoms with Crippen molar-refractivity contribution in [3.63, 3.8) is 0 Å². The lowest BCUT2D eigenvalue weighted by Gasteiger charge is -2.71. The van der Waals surface area contributed by atoms with E-state index in [4.69, 9.17) is 16.3 Å². The molecule has 3 aliphatic carbocycles. The van der Waals surface area contributed by atoms with E-state index in [1.54, 1.807) is 12.4 Å². The van der Waals surface area contributed by atoms with Crippen LogP contribution < -0.4 is 15.0 Å². The van der Waals surface area contributed by atoms with E-state index < -0.39 is 5.82 Å². The van der Waals surface area contributed by atoms with E-state index in [1.165, 1.54) is 17.7 Å². The third-order valence-electron chi connectivity index (χ3n) is 7.87. The van der Waals surface area contributed by atoms with Gasteiger partial charge in [0.25, 0.3) is 5.91 Å². The molecule has 0 atom stereocenters. The maximum absolute atomic E-state index is 13.6. The van der Waals surface area contributed by atoms with Crippen LogP contribution >= 0.6 is 11.6 Å². The van der Waals surface area contributed by atoms with Crippen LogP contribution in [0.5, 0.6) is 5.75 Å². The number of ether oxygens (including phenoxy) is 1. The highest BCUT2D eigenvalue weighted by atomic mass is 35.5. The first kappa shape index (κ1) is 23.4. The van der Waals surface area contributed by atoms with Crippen molar-refractivity contribution in [2.24, 2.45) is 5.41 Å². The summed E-state index contributed by atoms with van der Waals surface area (Å²) in [6, 6.07) is 10.7. The molecule has 3 aromatic rings. The number of carbonyl (C=O) groups is 1. The summed E-state index contributed by atoms with van der Waals surface area (Å²) in [4.78, 5) is 26.3. The molecule has 7 nitrogen and oxygen atoms in total. The maximum atomic E-state index is 13.6. The lowest BCUT2D eigenvalue weighted by Crippen LogP contribution is -2.75. The van der Waals surface area contributed by atoms with Crippen LogP contribution in [0.25, 0.3) is 10.9 Å². The van der Waals surface area contributed by atoms with Gasteiger partial charge in [-0.3, -0.25) is 4.79 Å². The van der Waals surface area contributed by atoms with E-state index >= 15 is 0 Å². The molecule has 1 N–H and O–H groups in total. The van der Waals surface area contributed by atoms with Gasteiger partial charge >= 0.3 is 0 Å². The topological polar surface area (TPSA) is 70.6 Å². The second kappa shape index (κ2) is 8.85. The fourth-order valence-corrected chi connectivity index (χ4v) is 6.39. The number of benzene rings is 2. The summed E-state index contributed by atoms with van der Waals surface area (Å²) in [6.45, 7) is 3.86.